The van der Waals surface area contributed by atoms with E-state index in [-0.39, 0.29) is 12.4 Å². The molecule has 1 aromatic carbocycles. The van der Waals surface area contributed by atoms with E-state index in [1.165, 1.54) is 6.92 Å². The van der Waals surface area contributed by atoms with Gasteiger partial charge < -0.3 is 9.84 Å². The van der Waals surface area contributed by atoms with E-state index in [0.717, 1.165) is 51.7 Å². The van der Waals surface area contributed by atoms with Crippen LogP contribution in [0.3, 0.4) is 0 Å². The van der Waals surface area contributed by atoms with Crippen molar-refractivity contribution in [1.29, 1.82) is 0 Å². The van der Waals surface area contributed by atoms with Gasteiger partial charge in [-0.05, 0) is 63.0 Å². The van der Waals surface area contributed by atoms with Crippen LogP contribution in [0, 0.1) is 6.92 Å². The number of rotatable bonds is 6. The van der Waals surface area contributed by atoms with Crippen LogP contribution in [0.4, 0.5) is 4.39 Å². The zero-order valence-electron chi connectivity index (χ0n) is 20.8. The number of aliphatic hydroxyl groups is 1. The van der Waals surface area contributed by atoms with E-state index < -0.39 is 18.4 Å². The summed E-state index contributed by atoms with van der Waals surface area (Å²) in [4.78, 5) is 16.8. The number of nitrogens with zero attached hydrogens (tertiary/aromatic N) is 1. The molecule has 182 valence electrons. The Morgan fingerprint density at radius 1 is 1.29 bits per heavy atom. The van der Waals surface area contributed by atoms with Crippen LogP contribution >= 0.6 is 0 Å². The second-order valence-electron chi connectivity index (χ2n) is 8.84. The number of fused-ring (bicyclic) bond motifs is 1. The highest BCUT2D eigenvalue weighted by atomic mass is 19.1. The molecule has 2 aromatic rings. The molecule has 2 fully saturated rings. The molecule has 3 unspecified atom stereocenters. The molecule has 1 N–H and O–H groups in total. The average molecular weight is 466 g/mol. The molecule has 1 aliphatic carbocycles. The van der Waals surface area contributed by atoms with Gasteiger partial charge in [0.25, 0.3) is 0 Å². The van der Waals surface area contributed by atoms with Gasteiger partial charge in [0.05, 0.1) is 23.7 Å². The molecule has 4 nitrogen and oxygen atoms in total. The first-order valence-electron chi connectivity index (χ1n) is 12.3. The molecule has 1 saturated carbocycles. The summed E-state index contributed by atoms with van der Waals surface area (Å²) >= 11 is 0. The fraction of sp³-hybridized carbons (Fsp3) is 0.448. The fourth-order valence-electron chi connectivity index (χ4n) is 4.25. The molecule has 2 heterocycles. The molecule has 0 spiro atoms. The van der Waals surface area contributed by atoms with Crippen LogP contribution in [0.25, 0.3) is 22.6 Å². The van der Waals surface area contributed by atoms with Gasteiger partial charge in [-0.1, -0.05) is 49.8 Å². The maximum atomic E-state index is 13.7. The van der Waals surface area contributed by atoms with E-state index in [2.05, 4.69) is 12.1 Å². The number of allylic oxidation sites excluding steroid dienone is 4. The van der Waals surface area contributed by atoms with Crippen LogP contribution in [0.15, 0.2) is 42.5 Å². The van der Waals surface area contributed by atoms with Gasteiger partial charge in [-0.3, -0.25) is 9.78 Å². The Morgan fingerprint density at radius 3 is 2.65 bits per heavy atom. The highest BCUT2D eigenvalue weighted by molar-refractivity contribution is 5.98. The largest absolute Gasteiger partial charge is 0.458 e. The summed E-state index contributed by atoms with van der Waals surface area (Å²) in [6, 6.07) is 6.22. The van der Waals surface area contributed by atoms with Crippen LogP contribution in [0.1, 0.15) is 81.7 Å². The highest BCUT2D eigenvalue weighted by Gasteiger charge is 2.30. The lowest BCUT2D eigenvalue weighted by atomic mass is 9.90. The number of esters is 1. The molecule has 0 bridgehead atoms. The summed E-state index contributed by atoms with van der Waals surface area (Å²) in [6.45, 7) is 9.51. The molecule has 0 radical (unpaired) electrons. The third kappa shape index (κ3) is 6.20. The normalized spacial score (nSPS) is 22.1. The Bertz CT molecular complexity index is 1110. The SMILES string of the molecule is C/C=C(\C=C/C(C)F)c1c(/C=C/C2CC(O)CC(=O)O2)c(C2CC2)nc2ccc(C)cc12.CC. The van der Waals surface area contributed by atoms with Crippen molar-refractivity contribution in [1.82, 2.24) is 4.98 Å². The minimum atomic E-state index is -1.05. The van der Waals surface area contributed by atoms with Crippen molar-refractivity contribution < 1.29 is 19.0 Å². The van der Waals surface area contributed by atoms with Gasteiger partial charge in [-0.25, -0.2) is 4.39 Å². The van der Waals surface area contributed by atoms with E-state index in [1.54, 1.807) is 6.08 Å². The second-order valence-corrected chi connectivity index (χ2v) is 8.84. The lowest BCUT2D eigenvalue weighted by Gasteiger charge is -2.24. The minimum absolute atomic E-state index is 0.0364. The van der Waals surface area contributed by atoms with Crippen molar-refractivity contribution in [3.8, 4) is 0 Å². The first kappa shape index (κ1) is 25.8. The number of aliphatic hydroxyl groups excluding tert-OH is 1. The van der Waals surface area contributed by atoms with Gasteiger partial charge in [-0.15, -0.1) is 0 Å². The second kappa shape index (κ2) is 11.6. The summed E-state index contributed by atoms with van der Waals surface area (Å²) in [6.07, 6.45) is 9.59. The monoisotopic (exact) mass is 465 g/mol. The van der Waals surface area contributed by atoms with E-state index >= 15 is 0 Å². The Kier molecular flexibility index (Phi) is 8.78. The average Bonchev–Trinajstić information content (AvgIpc) is 3.64. The summed E-state index contributed by atoms with van der Waals surface area (Å²) in [5.74, 6) is 0.00287. The number of carbonyl (C=O) groups excluding carboxylic acids is 1. The third-order valence-corrected chi connectivity index (χ3v) is 5.98. The quantitative estimate of drug-likeness (QED) is 0.375. The van der Waals surface area contributed by atoms with Crippen molar-refractivity contribution in [3.63, 3.8) is 0 Å². The molecule has 0 amide bonds. The van der Waals surface area contributed by atoms with Crippen LogP contribution in [0.2, 0.25) is 0 Å². The van der Waals surface area contributed by atoms with Crippen molar-refractivity contribution >= 4 is 28.5 Å². The lowest BCUT2D eigenvalue weighted by molar-refractivity contribution is -0.156. The molecule has 1 saturated heterocycles. The number of hydrogen-bond acceptors (Lipinski definition) is 4. The lowest BCUT2D eigenvalue weighted by Crippen LogP contribution is -2.31. The topological polar surface area (TPSA) is 59.4 Å². The number of benzene rings is 1. The Labute approximate surface area is 202 Å². The predicted octanol–water partition coefficient (Wildman–Crippen LogP) is 6.84. The number of hydrogen-bond donors (Lipinski definition) is 1. The highest BCUT2D eigenvalue weighted by Crippen LogP contribution is 2.44. The molecule has 34 heavy (non-hydrogen) atoms. The van der Waals surface area contributed by atoms with Crippen molar-refractivity contribution in [2.45, 2.75) is 84.6 Å². The molecule has 1 aromatic heterocycles. The number of aryl methyl sites for hydroxylation is 1. The molecule has 4 rings (SSSR count). The van der Waals surface area contributed by atoms with Gasteiger partial charge in [0, 0.05) is 23.3 Å². The first-order chi connectivity index (χ1) is 16.4. The van der Waals surface area contributed by atoms with E-state index in [4.69, 9.17) is 9.72 Å². The number of alkyl halides is 1. The summed E-state index contributed by atoms with van der Waals surface area (Å²) in [5.41, 5.74) is 5.98. The first-order valence-corrected chi connectivity index (χ1v) is 12.3. The van der Waals surface area contributed by atoms with Crippen LogP contribution in [-0.2, 0) is 9.53 Å². The Balaban J connectivity index is 0.00000158. The van der Waals surface area contributed by atoms with E-state index in [0.29, 0.717) is 12.3 Å². The van der Waals surface area contributed by atoms with Crippen LogP contribution in [0.5, 0.6) is 0 Å². The van der Waals surface area contributed by atoms with Crippen molar-refractivity contribution in [2.75, 3.05) is 0 Å². The van der Waals surface area contributed by atoms with Crippen LogP contribution < -0.4 is 0 Å². The smallest absolute Gasteiger partial charge is 0.309 e. The Morgan fingerprint density at radius 2 is 2.03 bits per heavy atom. The van der Waals surface area contributed by atoms with Gasteiger partial charge in [-0.2, -0.15) is 0 Å². The zero-order valence-corrected chi connectivity index (χ0v) is 20.8. The molecule has 2 aliphatic rings. The van der Waals surface area contributed by atoms with Gasteiger partial charge >= 0.3 is 5.97 Å². The molecular formula is C29H36FNO3. The number of carbonyl (C=O) groups is 1. The standard InChI is InChI=1S/C27H30FNO3.C2H6/c1-4-18(7-6-17(3)28)26-22(11-10-21-14-20(30)15-25(31)32-21)27(19-8-9-19)29-24-12-5-16(2)13-23(24)26;1-2/h4-7,10-13,17,19-21,30H,8-9,14-15H2,1-3H3;1-2H3/b7-6-,11-10+,18-4+;. The maximum Gasteiger partial charge on any atom is 0.309 e. The number of ether oxygens (including phenoxy) is 1. The summed E-state index contributed by atoms with van der Waals surface area (Å²) in [7, 11) is 0. The Hall–Kier alpha value is -2.79. The number of aromatic nitrogens is 1. The maximum absolute atomic E-state index is 13.7. The van der Waals surface area contributed by atoms with E-state index in [1.807, 2.05) is 58.1 Å². The number of cyclic esters (lactones) is 1. The van der Waals surface area contributed by atoms with Crippen molar-refractivity contribution in [3.05, 3.63) is 64.9 Å². The van der Waals surface area contributed by atoms with Gasteiger partial charge in [0.2, 0.25) is 0 Å². The van der Waals surface area contributed by atoms with Gasteiger partial charge in [0.15, 0.2) is 0 Å². The number of pyridine rings is 1. The van der Waals surface area contributed by atoms with Crippen LogP contribution in [-0.4, -0.2) is 34.4 Å². The van der Waals surface area contributed by atoms with Gasteiger partial charge in [0.1, 0.15) is 12.3 Å². The molecule has 3 atom stereocenters. The fourth-order valence-corrected chi connectivity index (χ4v) is 4.25. The summed E-state index contributed by atoms with van der Waals surface area (Å²) < 4.78 is 19.1. The predicted molar refractivity (Wildman–Crippen MR) is 137 cm³/mol. The molecule has 1 aliphatic heterocycles. The number of halogens is 1. The summed E-state index contributed by atoms with van der Waals surface area (Å²) in [5, 5.41) is 11.0. The third-order valence-electron chi connectivity index (χ3n) is 5.98. The molecule has 5 heteroatoms. The zero-order chi connectivity index (χ0) is 24.8. The minimum Gasteiger partial charge on any atom is -0.458 e. The van der Waals surface area contributed by atoms with E-state index in [9.17, 15) is 14.3 Å². The molecular weight excluding hydrogens is 429 g/mol. The van der Waals surface area contributed by atoms with Crippen molar-refractivity contribution in [2.24, 2.45) is 0 Å².